The van der Waals surface area contributed by atoms with Crippen molar-refractivity contribution in [1.29, 1.82) is 0 Å². The molecule has 0 radical (unpaired) electrons. The van der Waals surface area contributed by atoms with Gasteiger partial charge in [-0.3, -0.25) is 9.35 Å². The fraction of sp³-hybridized carbons (Fsp3) is 0.889. The van der Waals surface area contributed by atoms with Gasteiger partial charge in [-0.2, -0.15) is 8.42 Å². The number of aliphatic hydroxyl groups excluding tert-OH is 1. The summed E-state index contributed by atoms with van der Waals surface area (Å²) in [6.45, 7) is 3.13. The van der Waals surface area contributed by atoms with E-state index in [0.29, 0.717) is 17.7 Å². The van der Waals surface area contributed by atoms with Crippen LogP contribution in [0.3, 0.4) is 0 Å². The zero-order valence-electron chi connectivity index (χ0n) is 16.8. The average Bonchev–Trinajstić information content (AvgIpc) is 2.56. The van der Waals surface area contributed by atoms with Gasteiger partial charge in [0.1, 0.15) is 6.23 Å². The molecule has 0 aliphatic rings. The van der Waals surface area contributed by atoms with Gasteiger partial charge in [-0.05, 0) is 13.3 Å². The Labute approximate surface area is 167 Å². The molecule has 0 aliphatic heterocycles. The van der Waals surface area contributed by atoms with Crippen molar-refractivity contribution in [3.63, 3.8) is 0 Å². The molecule has 166 valence electrons. The fourth-order valence-corrected chi connectivity index (χ4v) is 4.36. The summed E-state index contributed by atoms with van der Waals surface area (Å²) in [6, 6.07) is 0. The Kier molecular flexibility index (Phi) is 12.5. The normalized spacial score (nSPS) is 15.3. The van der Waals surface area contributed by atoms with Crippen molar-refractivity contribution in [1.82, 2.24) is 4.90 Å². The van der Waals surface area contributed by atoms with Crippen LogP contribution in [-0.4, -0.2) is 62.8 Å². The molecule has 10 heteroatoms. The predicted octanol–water partition coefficient (Wildman–Crippen LogP) is 2.69. The third kappa shape index (κ3) is 8.42. The first-order valence-electron chi connectivity index (χ1n) is 9.87. The number of hydrogen-bond acceptors (Lipinski definition) is 6. The number of nitrogens with zero attached hydrogens (tertiary/aromatic N) is 1. The van der Waals surface area contributed by atoms with Crippen molar-refractivity contribution >= 4 is 22.1 Å². The summed E-state index contributed by atoms with van der Waals surface area (Å²) < 4.78 is 33.1. The van der Waals surface area contributed by atoms with E-state index in [-0.39, 0.29) is 6.54 Å². The molecule has 0 aromatic rings. The summed E-state index contributed by atoms with van der Waals surface area (Å²) in [5.41, 5.74) is 0. The zero-order valence-corrected chi connectivity index (χ0v) is 17.7. The third-order valence-electron chi connectivity index (χ3n) is 4.82. The number of carbonyl (C=O) groups is 2. The number of hydrogen-bond donors (Lipinski definition) is 4. The molecule has 0 amide bonds. The van der Waals surface area contributed by atoms with Crippen LogP contribution in [0, 0.1) is 0 Å². The van der Waals surface area contributed by atoms with Gasteiger partial charge in [0.05, 0.1) is 6.42 Å². The minimum atomic E-state index is -5.34. The Balaban J connectivity index is 4.82. The standard InChI is InChI=1S/C18H35NO8S/c1-3-4-5-6-7-8-9-10-11-12-13-19(15(2)20)18(17(23)24,14-16(21)22)28(25,26)27/h15,20H,3-14H2,1-2H3,(H,21,22)(H,23,24)(H,25,26,27). The number of carboxylic acid groups (broad SMARTS) is 2. The second-order valence-corrected chi connectivity index (χ2v) is 8.77. The number of aliphatic carboxylic acids is 2. The quantitative estimate of drug-likeness (QED) is 0.156. The highest BCUT2D eigenvalue weighted by molar-refractivity contribution is 7.88. The molecular formula is C18H35NO8S. The highest BCUT2D eigenvalue weighted by Gasteiger charge is 2.58. The molecule has 0 aliphatic carbocycles. The lowest BCUT2D eigenvalue weighted by Gasteiger charge is -2.38. The maximum atomic E-state index is 11.8. The lowest BCUT2D eigenvalue weighted by Crippen LogP contribution is -2.63. The zero-order chi connectivity index (χ0) is 21.8. The van der Waals surface area contributed by atoms with Crippen LogP contribution in [0.1, 0.15) is 84.5 Å². The second kappa shape index (κ2) is 13.1. The largest absolute Gasteiger partial charge is 0.481 e. The maximum absolute atomic E-state index is 11.8. The molecule has 0 aromatic heterocycles. The molecule has 0 fully saturated rings. The predicted molar refractivity (Wildman–Crippen MR) is 104 cm³/mol. The highest BCUT2D eigenvalue weighted by Crippen LogP contribution is 2.29. The Hall–Kier alpha value is -1.23. The van der Waals surface area contributed by atoms with Gasteiger partial charge in [0.15, 0.2) is 0 Å². The summed E-state index contributed by atoms with van der Waals surface area (Å²) >= 11 is 0. The van der Waals surface area contributed by atoms with Gasteiger partial charge in [0.2, 0.25) is 0 Å². The maximum Gasteiger partial charge on any atom is 0.343 e. The molecule has 0 heterocycles. The van der Waals surface area contributed by atoms with Crippen LogP contribution in [0.2, 0.25) is 0 Å². The monoisotopic (exact) mass is 425 g/mol. The molecule has 2 atom stereocenters. The summed E-state index contributed by atoms with van der Waals surface area (Å²) in [5.74, 6) is -3.75. The summed E-state index contributed by atoms with van der Waals surface area (Å²) in [5, 5.41) is 28.3. The molecule has 0 saturated carbocycles. The van der Waals surface area contributed by atoms with Crippen LogP contribution < -0.4 is 0 Å². The van der Waals surface area contributed by atoms with Crippen molar-refractivity contribution in [2.45, 2.75) is 95.6 Å². The van der Waals surface area contributed by atoms with Crippen molar-refractivity contribution < 1.29 is 37.9 Å². The van der Waals surface area contributed by atoms with Crippen LogP contribution >= 0.6 is 0 Å². The van der Waals surface area contributed by atoms with E-state index in [1.54, 1.807) is 0 Å². The lowest BCUT2D eigenvalue weighted by atomic mass is 10.1. The molecule has 0 spiro atoms. The minimum absolute atomic E-state index is 0.173. The van der Waals surface area contributed by atoms with Gasteiger partial charge in [-0.25, -0.2) is 9.69 Å². The van der Waals surface area contributed by atoms with Crippen molar-refractivity contribution in [2.75, 3.05) is 6.54 Å². The molecule has 28 heavy (non-hydrogen) atoms. The van der Waals surface area contributed by atoms with Gasteiger partial charge in [0.25, 0.3) is 15.0 Å². The summed E-state index contributed by atoms with van der Waals surface area (Å²) in [4.78, 5) is 20.3. The first-order chi connectivity index (χ1) is 13.0. The van der Waals surface area contributed by atoms with E-state index >= 15 is 0 Å². The molecular weight excluding hydrogens is 390 g/mol. The number of rotatable bonds is 17. The topological polar surface area (TPSA) is 152 Å². The van der Waals surface area contributed by atoms with E-state index in [1.807, 2.05) is 0 Å². The van der Waals surface area contributed by atoms with E-state index in [1.165, 1.54) is 25.7 Å². The van der Waals surface area contributed by atoms with Gasteiger partial charge in [0, 0.05) is 6.54 Å². The molecule has 0 aromatic carbocycles. The van der Waals surface area contributed by atoms with Gasteiger partial charge in [-0.1, -0.05) is 64.7 Å². The lowest BCUT2D eigenvalue weighted by molar-refractivity contribution is -0.158. The van der Waals surface area contributed by atoms with E-state index in [9.17, 15) is 32.8 Å². The Bertz CT molecular complexity index is 578. The van der Waals surface area contributed by atoms with Gasteiger partial charge >= 0.3 is 11.9 Å². The summed E-state index contributed by atoms with van der Waals surface area (Å²) in [6.07, 6.45) is 7.07. The van der Waals surface area contributed by atoms with Crippen molar-refractivity contribution in [3.05, 3.63) is 0 Å². The fourth-order valence-electron chi connectivity index (χ4n) is 3.29. The SMILES string of the molecule is CCCCCCCCCCCCN(C(C)O)C(CC(=O)O)(C(=O)O)S(=O)(=O)O. The van der Waals surface area contributed by atoms with Gasteiger partial charge in [-0.15, -0.1) is 0 Å². The van der Waals surface area contributed by atoms with E-state index in [0.717, 1.165) is 32.6 Å². The molecule has 9 nitrogen and oxygen atoms in total. The molecule has 2 unspecified atom stereocenters. The number of carboxylic acids is 2. The minimum Gasteiger partial charge on any atom is -0.481 e. The van der Waals surface area contributed by atoms with Crippen LogP contribution in [0.15, 0.2) is 0 Å². The Morgan fingerprint density at radius 1 is 0.929 bits per heavy atom. The van der Waals surface area contributed by atoms with Crippen LogP contribution in [0.4, 0.5) is 0 Å². The molecule has 4 N–H and O–H groups in total. The van der Waals surface area contributed by atoms with Crippen LogP contribution in [-0.2, 0) is 19.7 Å². The molecule has 0 saturated heterocycles. The first kappa shape index (κ1) is 26.8. The second-order valence-electron chi connectivity index (χ2n) is 7.14. The number of unbranched alkanes of at least 4 members (excludes halogenated alkanes) is 9. The first-order valence-corrected chi connectivity index (χ1v) is 11.3. The van der Waals surface area contributed by atoms with E-state index in [4.69, 9.17) is 5.11 Å². The Morgan fingerprint density at radius 3 is 1.68 bits per heavy atom. The Morgan fingerprint density at radius 2 is 1.36 bits per heavy atom. The third-order valence-corrected chi connectivity index (χ3v) is 6.23. The van der Waals surface area contributed by atoms with Crippen molar-refractivity contribution in [3.8, 4) is 0 Å². The molecule has 0 rings (SSSR count). The van der Waals surface area contributed by atoms with Crippen LogP contribution in [0.5, 0.6) is 0 Å². The number of aliphatic hydroxyl groups is 1. The van der Waals surface area contributed by atoms with E-state index in [2.05, 4.69) is 6.92 Å². The average molecular weight is 426 g/mol. The smallest absolute Gasteiger partial charge is 0.343 e. The van der Waals surface area contributed by atoms with Gasteiger partial charge < -0.3 is 15.3 Å². The van der Waals surface area contributed by atoms with Crippen molar-refractivity contribution in [2.24, 2.45) is 0 Å². The summed E-state index contributed by atoms with van der Waals surface area (Å²) in [7, 11) is -5.34. The van der Waals surface area contributed by atoms with Crippen LogP contribution in [0.25, 0.3) is 0 Å². The highest BCUT2D eigenvalue weighted by atomic mass is 32.2. The molecule has 0 bridgehead atoms. The van der Waals surface area contributed by atoms with E-state index < -0.39 is 39.6 Å².